The molecule has 1 aromatic carbocycles. The second-order valence-corrected chi connectivity index (χ2v) is 5.05. The lowest BCUT2D eigenvalue weighted by atomic mass is 10.0. The average molecular weight is 326 g/mol. The normalized spacial score (nSPS) is 12.4. The second-order valence-electron chi connectivity index (χ2n) is 4.19. The Morgan fingerprint density at radius 2 is 2.32 bits per heavy atom. The number of hydrogen-bond acceptors (Lipinski definition) is 5. The van der Waals surface area contributed by atoms with Crippen LogP contribution in [-0.4, -0.2) is 22.1 Å². The summed E-state index contributed by atoms with van der Waals surface area (Å²) in [6.07, 6.45) is 2.52. The van der Waals surface area contributed by atoms with Gasteiger partial charge in [0.25, 0.3) is 0 Å². The number of nitrogens with two attached hydrogens (primary N) is 1. The van der Waals surface area contributed by atoms with Crippen LogP contribution in [-0.2, 0) is 13.5 Å². The highest BCUT2D eigenvalue weighted by Crippen LogP contribution is 2.29. The first-order valence-corrected chi connectivity index (χ1v) is 6.58. The SMILES string of the molecule is COc1ccc(Br)c(C(Cc2cn(C)nn2)NN)c1. The number of ether oxygens (including phenoxy) is 1. The highest BCUT2D eigenvalue weighted by atomic mass is 79.9. The second kappa shape index (κ2) is 6.14. The summed E-state index contributed by atoms with van der Waals surface area (Å²) in [6.45, 7) is 0. The maximum Gasteiger partial charge on any atom is 0.119 e. The van der Waals surface area contributed by atoms with Gasteiger partial charge in [0.15, 0.2) is 0 Å². The molecule has 0 aliphatic carbocycles. The number of methoxy groups -OCH3 is 1. The van der Waals surface area contributed by atoms with Crippen molar-refractivity contribution in [2.45, 2.75) is 12.5 Å². The number of nitrogens with one attached hydrogen (secondary N) is 1. The first-order valence-electron chi connectivity index (χ1n) is 5.78. The van der Waals surface area contributed by atoms with E-state index >= 15 is 0 Å². The first-order chi connectivity index (χ1) is 9.13. The summed E-state index contributed by atoms with van der Waals surface area (Å²) in [7, 11) is 3.48. The maximum atomic E-state index is 5.65. The zero-order chi connectivity index (χ0) is 13.8. The molecule has 1 heterocycles. The minimum atomic E-state index is -0.0684. The number of halogens is 1. The molecule has 0 spiro atoms. The van der Waals surface area contributed by atoms with Crippen LogP contribution in [0.25, 0.3) is 0 Å². The molecule has 2 aromatic rings. The Kier molecular flexibility index (Phi) is 4.52. The van der Waals surface area contributed by atoms with Gasteiger partial charge < -0.3 is 4.74 Å². The summed E-state index contributed by atoms with van der Waals surface area (Å²) in [5, 5.41) is 7.99. The highest BCUT2D eigenvalue weighted by Gasteiger charge is 2.16. The van der Waals surface area contributed by atoms with Gasteiger partial charge in [0.2, 0.25) is 0 Å². The van der Waals surface area contributed by atoms with E-state index in [1.165, 1.54) is 0 Å². The summed E-state index contributed by atoms with van der Waals surface area (Å²) >= 11 is 3.53. The number of aromatic nitrogens is 3. The minimum Gasteiger partial charge on any atom is -0.497 e. The lowest BCUT2D eigenvalue weighted by Crippen LogP contribution is -2.30. The van der Waals surface area contributed by atoms with Gasteiger partial charge in [-0.05, 0) is 23.8 Å². The van der Waals surface area contributed by atoms with Gasteiger partial charge >= 0.3 is 0 Å². The Balaban J connectivity index is 2.26. The zero-order valence-corrected chi connectivity index (χ0v) is 12.4. The van der Waals surface area contributed by atoms with Gasteiger partial charge in [0.05, 0.1) is 18.8 Å². The van der Waals surface area contributed by atoms with Crippen molar-refractivity contribution >= 4 is 15.9 Å². The molecule has 0 saturated carbocycles. The quantitative estimate of drug-likeness (QED) is 0.640. The van der Waals surface area contributed by atoms with Gasteiger partial charge in [0, 0.05) is 24.1 Å². The third kappa shape index (κ3) is 3.31. The van der Waals surface area contributed by atoms with E-state index in [-0.39, 0.29) is 6.04 Å². The van der Waals surface area contributed by atoms with Gasteiger partial charge in [-0.2, -0.15) is 0 Å². The van der Waals surface area contributed by atoms with E-state index in [0.717, 1.165) is 21.5 Å². The third-order valence-corrected chi connectivity index (χ3v) is 3.57. The Hall–Kier alpha value is -1.44. The van der Waals surface area contributed by atoms with Crippen molar-refractivity contribution in [2.75, 3.05) is 7.11 Å². The van der Waals surface area contributed by atoms with Crippen molar-refractivity contribution in [3.8, 4) is 5.75 Å². The lowest BCUT2D eigenvalue weighted by molar-refractivity contribution is 0.412. The molecule has 1 aromatic heterocycles. The Morgan fingerprint density at radius 3 is 2.89 bits per heavy atom. The number of benzene rings is 1. The molecule has 1 atom stereocenters. The highest BCUT2D eigenvalue weighted by molar-refractivity contribution is 9.10. The fraction of sp³-hybridized carbons (Fsp3) is 0.333. The largest absolute Gasteiger partial charge is 0.497 e. The van der Waals surface area contributed by atoms with E-state index in [0.29, 0.717) is 6.42 Å². The molecule has 0 saturated heterocycles. The molecule has 0 bridgehead atoms. The molecule has 2 rings (SSSR count). The van der Waals surface area contributed by atoms with Crippen molar-refractivity contribution < 1.29 is 4.74 Å². The van der Waals surface area contributed by atoms with Crippen LogP contribution in [0.2, 0.25) is 0 Å². The van der Waals surface area contributed by atoms with Crippen LogP contribution in [0.3, 0.4) is 0 Å². The molecular weight excluding hydrogens is 310 g/mol. The van der Waals surface area contributed by atoms with Crippen LogP contribution in [0.4, 0.5) is 0 Å². The predicted octanol–water partition coefficient (Wildman–Crippen LogP) is 1.33. The van der Waals surface area contributed by atoms with Crippen molar-refractivity contribution in [3.05, 3.63) is 40.1 Å². The summed E-state index contributed by atoms with van der Waals surface area (Å²) in [5.41, 5.74) is 4.70. The molecule has 7 heteroatoms. The molecule has 0 aliphatic rings. The van der Waals surface area contributed by atoms with Gasteiger partial charge in [0.1, 0.15) is 5.75 Å². The molecule has 0 radical (unpaired) electrons. The monoisotopic (exact) mass is 325 g/mol. The van der Waals surface area contributed by atoms with Crippen LogP contribution >= 0.6 is 15.9 Å². The third-order valence-electron chi connectivity index (χ3n) is 2.84. The number of hydrogen-bond donors (Lipinski definition) is 2. The number of rotatable bonds is 5. The van der Waals surface area contributed by atoms with E-state index in [1.807, 2.05) is 31.4 Å². The topological polar surface area (TPSA) is 78.0 Å². The molecule has 0 amide bonds. The molecule has 0 aliphatic heterocycles. The van der Waals surface area contributed by atoms with Gasteiger partial charge in [-0.15, -0.1) is 5.10 Å². The van der Waals surface area contributed by atoms with Crippen molar-refractivity contribution in [3.63, 3.8) is 0 Å². The minimum absolute atomic E-state index is 0.0684. The molecular formula is C12H16BrN5O. The average Bonchev–Trinajstić information content (AvgIpc) is 2.82. The van der Waals surface area contributed by atoms with Crippen LogP contribution in [0.5, 0.6) is 5.75 Å². The Morgan fingerprint density at radius 1 is 1.53 bits per heavy atom. The van der Waals surface area contributed by atoms with E-state index in [2.05, 4.69) is 31.7 Å². The van der Waals surface area contributed by atoms with Gasteiger partial charge in [-0.3, -0.25) is 16.0 Å². The molecule has 6 nitrogen and oxygen atoms in total. The molecule has 19 heavy (non-hydrogen) atoms. The predicted molar refractivity (Wildman–Crippen MR) is 75.5 cm³/mol. The van der Waals surface area contributed by atoms with Crippen molar-refractivity contribution in [1.82, 2.24) is 20.4 Å². The van der Waals surface area contributed by atoms with Gasteiger partial charge in [-0.25, -0.2) is 0 Å². The first kappa shape index (κ1) is 14.0. The lowest BCUT2D eigenvalue weighted by Gasteiger charge is -2.17. The smallest absolute Gasteiger partial charge is 0.119 e. The summed E-state index contributed by atoms with van der Waals surface area (Å²) in [5.74, 6) is 6.44. The van der Waals surface area contributed by atoms with E-state index in [1.54, 1.807) is 11.8 Å². The summed E-state index contributed by atoms with van der Waals surface area (Å²) in [6, 6.07) is 5.71. The Bertz CT molecular complexity index is 557. The van der Waals surface area contributed by atoms with E-state index < -0.39 is 0 Å². The molecule has 3 N–H and O–H groups in total. The van der Waals surface area contributed by atoms with Gasteiger partial charge in [-0.1, -0.05) is 21.1 Å². The Labute approximate surface area is 120 Å². The van der Waals surface area contributed by atoms with Crippen LogP contribution in [0.15, 0.2) is 28.9 Å². The zero-order valence-electron chi connectivity index (χ0n) is 10.8. The van der Waals surface area contributed by atoms with E-state index in [4.69, 9.17) is 10.6 Å². The van der Waals surface area contributed by atoms with Crippen LogP contribution in [0.1, 0.15) is 17.3 Å². The van der Waals surface area contributed by atoms with Crippen LogP contribution in [0, 0.1) is 0 Å². The number of hydrazine groups is 1. The standard InChI is InChI=1S/C12H16BrN5O/c1-18-7-8(16-17-18)5-12(15-14)10-6-9(19-2)3-4-11(10)13/h3-4,6-7,12,15H,5,14H2,1-2H3. The fourth-order valence-corrected chi connectivity index (χ4v) is 2.40. The number of nitrogens with zero attached hydrogens (tertiary/aromatic N) is 3. The summed E-state index contributed by atoms with van der Waals surface area (Å²) < 4.78 is 7.88. The molecule has 102 valence electrons. The van der Waals surface area contributed by atoms with Crippen molar-refractivity contribution in [2.24, 2.45) is 12.9 Å². The summed E-state index contributed by atoms with van der Waals surface area (Å²) in [4.78, 5) is 0. The maximum absolute atomic E-state index is 5.65. The fourth-order valence-electron chi connectivity index (χ4n) is 1.87. The van der Waals surface area contributed by atoms with Crippen LogP contribution < -0.4 is 16.0 Å². The van der Waals surface area contributed by atoms with Crippen molar-refractivity contribution in [1.29, 1.82) is 0 Å². The number of aryl methyl sites for hydroxylation is 1. The molecule has 0 fully saturated rings. The van der Waals surface area contributed by atoms with E-state index in [9.17, 15) is 0 Å². The molecule has 1 unspecified atom stereocenters.